The van der Waals surface area contributed by atoms with E-state index in [1.807, 2.05) is 19.1 Å². The zero-order valence-corrected chi connectivity index (χ0v) is 18.1. The molecule has 0 bridgehead atoms. The molecule has 2 aromatic heterocycles. The summed E-state index contributed by atoms with van der Waals surface area (Å²) in [5.74, 6) is 0.797. The van der Waals surface area contributed by atoms with Crippen molar-refractivity contribution in [2.24, 2.45) is 0 Å². The summed E-state index contributed by atoms with van der Waals surface area (Å²) in [6.45, 7) is 1.86. The number of ether oxygens (including phenoxy) is 1. The average Bonchev–Trinajstić information content (AvgIpc) is 2.76. The number of benzene rings is 2. The van der Waals surface area contributed by atoms with E-state index >= 15 is 0 Å². The molecule has 32 heavy (non-hydrogen) atoms. The van der Waals surface area contributed by atoms with Crippen LogP contribution in [0.15, 0.2) is 79.1 Å². The topological polar surface area (TPSA) is 120 Å². The van der Waals surface area contributed by atoms with Gasteiger partial charge < -0.3 is 10.5 Å². The highest BCUT2D eigenvalue weighted by atomic mass is 32.2. The number of aryl methyl sites for hydroxylation is 1. The molecule has 162 valence electrons. The van der Waals surface area contributed by atoms with E-state index in [9.17, 15) is 8.42 Å². The monoisotopic (exact) mass is 447 g/mol. The van der Waals surface area contributed by atoms with E-state index in [0.29, 0.717) is 34.1 Å². The second-order valence-electron chi connectivity index (χ2n) is 7.09. The highest BCUT2D eigenvalue weighted by Crippen LogP contribution is 2.33. The zero-order valence-electron chi connectivity index (χ0n) is 17.3. The molecule has 9 heteroatoms. The van der Waals surface area contributed by atoms with Gasteiger partial charge in [0.05, 0.1) is 22.7 Å². The summed E-state index contributed by atoms with van der Waals surface area (Å²) in [6.07, 6.45) is 3.16. The Morgan fingerprint density at radius 3 is 2.56 bits per heavy atom. The summed E-state index contributed by atoms with van der Waals surface area (Å²) in [6, 6.07) is 19.4. The second-order valence-corrected chi connectivity index (χ2v) is 8.81. The molecule has 4 rings (SSSR count). The highest BCUT2D eigenvalue weighted by molar-refractivity contribution is 7.91. The van der Waals surface area contributed by atoms with Crippen molar-refractivity contribution in [2.45, 2.75) is 12.7 Å². The minimum Gasteiger partial charge on any atom is -0.438 e. The lowest BCUT2D eigenvalue weighted by Crippen LogP contribution is -2.15. The molecule has 0 radical (unpaired) electrons. The fourth-order valence-electron chi connectivity index (χ4n) is 3.08. The fourth-order valence-corrected chi connectivity index (χ4v) is 4.27. The van der Waals surface area contributed by atoms with Gasteiger partial charge in [-0.15, -0.1) is 0 Å². The number of nitrogens with two attached hydrogens (primary N) is 1. The molecule has 0 unspecified atom stereocenters. The summed E-state index contributed by atoms with van der Waals surface area (Å²) < 4.78 is 33.9. The summed E-state index contributed by atoms with van der Waals surface area (Å²) in [4.78, 5) is 12.5. The summed E-state index contributed by atoms with van der Waals surface area (Å²) in [7, 11) is -3.60. The predicted molar refractivity (Wildman–Crippen MR) is 124 cm³/mol. The molecule has 3 N–H and O–H groups in total. The van der Waals surface area contributed by atoms with Gasteiger partial charge >= 0.3 is 0 Å². The largest absolute Gasteiger partial charge is 0.438 e. The molecule has 0 aliphatic heterocycles. The van der Waals surface area contributed by atoms with Crippen molar-refractivity contribution in [3.63, 3.8) is 0 Å². The molecule has 0 saturated heterocycles. The van der Waals surface area contributed by atoms with Crippen molar-refractivity contribution in [1.82, 2.24) is 15.0 Å². The molecule has 2 heterocycles. The minimum atomic E-state index is -3.60. The first-order valence-electron chi connectivity index (χ1n) is 9.76. The minimum absolute atomic E-state index is 0.128. The molecule has 0 saturated carbocycles. The van der Waals surface area contributed by atoms with Crippen LogP contribution in [0.3, 0.4) is 0 Å². The van der Waals surface area contributed by atoms with Crippen molar-refractivity contribution in [2.75, 3.05) is 10.5 Å². The van der Waals surface area contributed by atoms with E-state index in [1.165, 1.54) is 0 Å². The van der Waals surface area contributed by atoms with Crippen molar-refractivity contribution in [3.8, 4) is 22.9 Å². The van der Waals surface area contributed by atoms with Crippen LogP contribution in [0.25, 0.3) is 11.3 Å². The average molecular weight is 448 g/mol. The molecule has 2 aromatic carbocycles. The number of aromatic nitrogens is 3. The second kappa shape index (κ2) is 9.03. The summed E-state index contributed by atoms with van der Waals surface area (Å²) in [5.41, 5.74) is 8.82. The van der Waals surface area contributed by atoms with Gasteiger partial charge in [0.2, 0.25) is 21.9 Å². The van der Waals surface area contributed by atoms with Crippen LogP contribution in [0.2, 0.25) is 0 Å². The van der Waals surface area contributed by atoms with E-state index in [2.05, 4.69) is 19.7 Å². The third-order valence-electron chi connectivity index (χ3n) is 4.59. The fraction of sp³-hybridized carbons (Fsp3) is 0.0870. The molecule has 0 aliphatic rings. The Hall–Kier alpha value is -3.98. The number of sulfonamides is 1. The van der Waals surface area contributed by atoms with Crippen molar-refractivity contribution < 1.29 is 13.2 Å². The molecule has 0 fully saturated rings. The Balaban J connectivity index is 1.59. The highest BCUT2D eigenvalue weighted by Gasteiger charge is 2.15. The van der Waals surface area contributed by atoms with Crippen molar-refractivity contribution >= 4 is 21.7 Å². The quantitative estimate of drug-likeness (QED) is 0.436. The van der Waals surface area contributed by atoms with E-state index in [1.54, 1.807) is 67.0 Å². The van der Waals surface area contributed by atoms with Crippen LogP contribution in [-0.2, 0) is 15.8 Å². The van der Waals surface area contributed by atoms with Gasteiger partial charge in [0.25, 0.3) is 0 Å². The van der Waals surface area contributed by atoms with Gasteiger partial charge in [-0.05, 0) is 42.3 Å². The molecule has 4 aromatic rings. The van der Waals surface area contributed by atoms with Crippen LogP contribution in [0.4, 0.5) is 11.6 Å². The Labute approximate surface area is 186 Å². The van der Waals surface area contributed by atoms with Gasteiger partial charge in [-0.2, -0.15) is 0 Å². The van der Waals surface area contributed by atoms with Crippen molar-refractivity contribution in [3.05, 3.63) is 90.3 Å². The lowest BCUT2D eigenvalue weighted by molar-refractivity contribution is 0.461. The maximum absolute atomic E-state index is 12.6. The Bertz CT molecular complexity index is 1340. The SMILES string of the molecule is Cc1ccc(NS(=O)(=O)Cc2ccccc2)cc1Oc1ncccc1-c1ccnc(N)n1. The van der Waals surface area contributed by atoms with Gasteiger partial charge in [-0.3, -0.25) is 4.72 Å². The lowest BCUT2D eigenvalue weighted by Gasteiger charge is -2.14. The molecule has 0 aliphatic carbocycles. The lowest BCUT2D eigenvalue weighted by atomic mass is 10.2. The summed E-state index contributed by atoms with van der Waals surface area (Å²) >= 11 is 0. The Kier molecular flexibility index (Phi) is 6.00. The first-order chi connectivity index (χ1) is 15.4. The van der Waals surface area contributed by atoms with Crippen LogP contribution in [0.5, 0.6) is 11.6 Å². The zero-order chi connectivity index (χ0) is 22.6. The Morgan fingerprint density at radius 2 is 1.78 bits per heavy atom. The van der Waals surface area contributed by atoms with Crippen LogP contribution < -0.4 is 15.2 Å². The van der Waals surface area contributed by atoms with Crippen molar-refractivity contribution in [1.29, 1.82) is 0 Å². The molecule has 8 nitrogen and oxygen atoms in total. The van der Waals surface area contributed by atoms with Gasteiger partial charge in [0.1, 0.15) is 5.75 Å². The van der Waals surface area contributed by atoms with E-state index in [4.69, 9.17) is 10.5 Å². The van der Waals surface area contributed by atoms with E-state index in [-0.39, 0.29) is 11.7 Å². The molecular formula is C23H21N5O3S. The van der Waals surface area contributed by atoms with Crippen LogP contribution in [0, 0.1) is 6.92 Å². The number of rotatable bonds is 7. The van der Waals surface area contributed by atoms with Crippen LogP contribution in [0.1, 0.15) is 11.1 Å². The number of anilines is 2. The number of pyridine rings is 1. The number of nitrogens with zero attached hydrogens (tertiary/aromatic N) is 3. The Morgan fingerprint density at radius 1 is 0.969 bits per heavy atom. The standard InChI is InChI=1S/C23H21N5O3S/c1-16-9-10-18(28-32(29,30)15-17-6-3-2-4-7-17)14-21(16)31-22-19(8-5-12-25-22)20-11-13-26-23(24)27-20/h2-14,28H,15H2,1H3,(H2,24,26,27). The molecule has 0 spiro atoms. The normalized spacial score (nSPS) is 11.2. The van der Waals surface area contributed by atoms with Gasteiger partial charge in [-0.1, -0.05) is 36.4 Å². The first kappa shape index (κ1) is 21.3. The van der Waals surface area contributed by atoms with Crippen LogP contribution in [-0.4, -0.2) is 23.4 Å². The number of nitrogens with one attached hydrogen (secondary N) is 1. The molecule has 0 amide bonds. The number of hydrogen-bond donors (Lipinski definition) is 2. The first-order valence-corrected chi connectivity index (χ1v) is 11.4. The molecular weight excluding hydrogens is 426 g/mol. The smallest absolute Gasteiger partial charge is 0.236 e. The third kappa shape index (κ3) is 5.19. The number of nitrogen functional groups attached to an aromatic ring is 1. The van der Waals surface area contributed by atoms with E-state index in [0.717, 1.165) is 5.56 Å². The maximum atomic E-state index is 12.6. The van der Waals surface area contributed by atoms with E-state index < -0.39 is 10.0 Å². The maximum Gasteiger partial charge on any atom is 0.236 e. The van der Waals surface area contributed by atoms with Gasteiger partial charge in [-0.25, -0.2) is 23.4 Å². The molecule has 0 atom stereocenters. The van der Waals surface area contributed by atoms with Crippen LogP contribution >= 0.6 is 0 Å². The van der Waals surface area contributed by atoms with Gasteiger partial charge in [0, 0.05) is 18.5 Å². The number of hydrogen-bond acceptors (Lipinski definition) is 7. The van der Waals surface area contributed by atoms with Gasteiger partial charge in [0.15, 0.2) is 0 Å². The third-order valence-corrected chi connectivity index (χ3v) is 5.85. The summed E-state index contributed by atoms with van der Waals surface area (Å²) in [5, 5.41) is 0. The predicted octanol–water partition coefficient (Wildman–Crippen LogP) is 4.16.